The van der Waals surface area contributed by atoms with Gasteiger partial charge in [0.1, 0.15) is 5.78 Å². The van der Waals surface area contributed by atoms with E-state index in [9.17, 15) is 18.0 Å². The molecule has 0 N–H and O–H groups in total. The highest BCUT2D eigenvalue weighted by atomic mass is 19.4. The maximum absolute atomic E-state index is 12.0. The van der Waals surface area contributed by atoms with Gasteiger partial charge in [0, 0.05) is 6.42 Å². The van der Waals surface area contributed by atoms with Gasteiger partial charge in [0.25, 0.3) is 0 Å². The molecule has 2 nitrogen and oxygen atoms in total. The largest absolute Gasteiger partial charge is 0.389 e. The summed E-state index contributed by atoms with van der Waals surface area (Å²) in [6.07, 6.45) is -3.16. The molecular formula is C12H22F3NO. The van der Waals surface area contributed by atoms with E-state index in [1.165, 1.54) is 6.92 Å². The van der Waals surface area contributed by atoms with E-state index in [0.717, 1.165) is 25.9 Å². The summed E-state index contributed by atoms with van der Waals surface area (Å²) in [5, 5.41) is 0. The molecule has 0 saturated carbocycles. The molecule has 0 aromatic carbocycles. The lowest BCUT2D eigenvalue weighted by Crippen LogP contribution is -2.38. The lowest BCUT2D eigenvalue weighted by atomic mass is 10.1. The van der Waals surface area contributed by atoms with E-state index in [2.05, 4.69) is 0 Å². The standard InChI is InChI=1S/C10H16F3NO.C2H6/c1-8(15)9(4-5-10(11,12)13)14-6-2-3-7-14;1-2/h9H,2-7H2,1H3;1-2H3. The third-order valence-corrected chi connectivity index (χ3v) is 2.75. The molecule has 0 spiro atoms. The summed E-state index contributed by atoms with van der Waals surface area (Å²) in [5.41, 5.74) is 0. The average molecular weight is 253 g/mol. The summed E-state index contributed by atoms with van der Waals surface area (Å²) in [5.74, 6) is -0.152. The normalized spacial score (nSPS) is 18.5. The molecule has 1 saturated heterocycles. The molecule has 17 heavy (non-hydrogen) atoms. The molecule has 0 amide bonds. The second-order valence-electron chi connectivity index (χ2n) is 4.02. The van der Waals surface area contributed by atoms with Crippen LogP contribution in [0.3, 0.4) is 0 Å². The van der Waals surface area contributed by atoms with Crippen molar-refractivity contribution in [2.24, 2.45) is 0 Å². The number of carbonyl (C=O) groups excluding carboxylic acids is 1. The van der Waals surface area contributed by atoms with Crippen molar-refractivity contribution in [2.75, 3.05) is 13.1 Å². The minimum atomic E-state index is -4.16. The van der Waals surface area contributed by atoms with Crippen molar-refractivity contribution in [3.8, 4) is 0 Å². The highest BCUT2D eigenvalue weighted by Crippen LogP contribution is 2.25. The van der Waals surface area contributed by atoms with Crippen LogP contribution in [0, 0.1) is 0 Å². The summed E-state index contributed by atoms with van der Waals surface area (Å²) in [4.78, 5) is 13.1. The second kappa shape index (κ2) is 7.69. The first-order valence-electron chi connectivity index (χ1n) is 6.21. The third-order valence-electron chi connectivity index (χ3n) is 2.75. The Bertz CT molecular complexity index is 222. The highest BCUT2D eigenvalue weighted by Gasteiger charge is 2.32. The van der Waals surface area contributed by atoms with Crippen LogP contribution < -0.4 is 0 Å². The van der Waals surface area contributed by atoms with Gasteiger partial charge in [-0.3, -0.25) is 9.69 Å². The van der Waals surface area contributed by atoms with Crippen LogP contribution in [0.1, 0.15) is 46.5 Å². The SMILES string of the molecule is CC.CC(=O)C(CCC(F)(F)F)N1CCCC1. The van der Waals surface area contributed by atoms with Crippen molar-refractivity contribution in [1.29, 1.82) is 0 Å². The van der Waals surface area contributed by atoms with Crippen molar-refractivity contribution >= 4 is 5.78 Å². The number of hydrogen-bond acceptors (Lipinski definition) is 2. The Morgan fingerprint density at radius 2 is 1.71 bits per heavy atom. The van der Waals surface area contributed by atoms with Crippen LogP contribution in [-0.2, 0) is 4.79 Å². The number of ketones is 1. The van der Waals surface area contributed by atoms with Crippen LogP contribution in [0.15, 0.2) is 0 Å². The van der Waals surface area contributed by atoms with Gasteiger partial charge in [-0.05, 0) is 39.3 Å². The number of likely N-dealkylation sites (tertiary alicyclic amines) is 1. The minimum absolute atomic E-state index is 0.0984. The van der Waals surface area contributed by atoms with Gasteiger partial charge in [0.15, 0.2) is 0 Å². The third kappa shape index (κ3) is 6.66. The first-order valence-corrected chi connectivity index (χ1v) is 6.21. The van der Waals surface area contributed by atoms with E-state index in [0.29, 0.717) is 0 Å². The molecule has 0 bridgehead atoms. The summed E-state index contributed by atoms with van der Waals surface area (Å²) in [6.45, 7) is 6.88. The van der Waals surface area contributed by atoms with Crippen molar-refractivity contribution in [3.63, 3.8) is 0 Å². The summed E-state index contributed by atoms with van der Waals surface area (Å²) in [7, 11) is 0. The Kier molecular flexibility index (Phi) is 7.43. The lowest BCUT2D eigenvalue weighted by Gasteiger charge is -2.25. The van der Waals surface area contributed by atoms with Gasteiger partial charge in [-0.15, -0.1) is 0 Å². The zero-order valence-corrected chi connectivity index (χ0v) is 10.8. The Hall–Kier alpha value is -0.580. The summed E-state index contributed by atoms with van der Waals surface area (Å²) in [6, 6.07) is -0.533. The number of nitrogens with zero attached hydrogens (tertiary/aromatic N) is 1. The number of rotatable bonds is 4. The van der Waals surface area contributed by atoms with Gasteiger partial charge in [-0.1, -0.05) is 13.8 Å². The molecular weight excluding hydrogens is 231 g/mol. The summed E-state index contributed by atoms with van der Waals surface area (Å²) >= 11 is 0. The Morgan fingerprint density at radius 1 is 1.24 bits per heavy atom. The van der Waals surface area contributed by atoms with E-state index < -0.39 is 18.6 Å². The quantitative estimate of drug-likeness (QED) is 0.765. The molecule has 1 rings (SSSR count). The first-order chi connectivity index (χ1) is 7.90. The van der Waals surface area contributed by atoms with Gasteiger partial charge >= 0.3 is 6.18 Å². The van der Waals surface area contributed by atoms with E-state index in [-0.39, 0.29) is 12.2 Å². The average Bonchev–Trinajstić information content (AvgIpc) is 2.72. The number of carbonyl (C=O) groups is 1. The molecule has 1 unspecified atom stereocenters. The monoisotopic (exact) mass is 253 g/mol. The van der Waals surface area contributed by atoms with E-state index in [1.54, 1.807) is 0 Å². The number of halogens is 3. The smallest absolute Gasteiger partial charge is 0.298 e. The van der Waals surface area contributed by atoms with Crippen molar-refractivity contribution in [2.45, 2.75) is 58.7 Å². The van der Waals surface area contributed by atoms with Crippen LogP contribution in [0.25, 0.3) is 0 Å². The fourth-order valence-corrected chi connectivity index (χ4v) is 2.00. The van der Waals surface area contributed by atoms with E-state index in [1.807, 2.05) is 18.7 Å². The lowest BCUT2D eigenvalue weighted by molar-refractivity contribution is -0.140. The van der Waals surface area contributed by atoms with Gasteiger partial charge in [-0.2, -0.15) is 13.2 Å². The Balaban J connectivity index is 0.00000121. The maximum atomic E-state index is 12.0. The van der Waals surface area contributed by atoms with Gasteiger partial charge < -0.3 is 0 Å². The number of alkyl halides is 3. The van der Waals surface area contributed by atoms with Crippen LogP contribution >= 0.6 is 0 Å². The minimum Gasteiger partial charge on any atom is -0.298 e. The topological polar surface area (TPSA) is 20.3 Å². The van der Waals surface area contributed by atoms with Crippen LogP contribution in [0.5, 0.6) is 0 Å². The van der Waals surface area contributed by atoms with Crippen molar-refractivity contribution in [3.05, 3.63) is 0 Å². The molecule has 0 radical (unpaired) electrons. The molecule has 1 atom stereocenters. The molecule has 1 aliphatic rings. The van der Waals surface area contributed by atoms with Gasteiger partial charge in [-0.25, -0.2) is 0 Å². The van der Waals surface area contributed by atoms with Crippen molar-refractivity contribution in [1.82, 2.24) is 4.90 Å². The predicted molar refractivity (Wildman–Crippen MR) is 61.9 cm³/mol. The van der Waals surface area contributed by atoms with Crippen LogP contribution in [0.2, 0.25) is 0 Å². The van der Waals surface area contributed by atoms with Crippen molar-refractivity contribution < 1.29 is 18.0 Å². The Labute approximate surface area is 101 Å². The molecule has 102 valence electrons. The summed E-state index contributed by atoms with van der Waals surface area (Å²) < 4.78 is 36.1. The zero-order chi connectivity index (χ0) is 13.5. The number of Topliss-reactive ketones (excluding diaryl/α,β-unsaturated/α-hetero) is 1. The van der Waals surface area contributed by atoms with Crippen LogP contribution in [0.4, 0.5) is 13.2 Å². The fourth-order valence-electron chi connectivity index (χ4n) is 2.00. The molecule has 0 aromatic rings. The van der Waals surface area contributed by atoms with Crippen LogP contribution in [-0.4, -0.2) is 36.0 Å². The molecule has 1 aliphatic heterocycles. The first kappa shape index (κ1) is 16.4. The van der Waals surface area contributed by atoms with Gasteiger partial charge in [0.05, 0.1) is 6.04 Å². The predicted octanol–water partition coefficient (Wildman–Crippen LogP) is 3.41. The van der Waals surface area contributed by atoms with E-state index >= 15 is 0 Å². The molecule has 1 fully saturated rings. The maximum Gasteiger partial charge on any atom is 0.389 e. The molecule has 0 aliphatic carbocycles. The van der Waals surface area contributed by atoms with Gasteiger partial charge in [0.2, 0.25) is 0 Å². The fraction of sp³-hybridized carbons (Fsp3) is 0.917. The zero-order valence-electron chi connectivity index (χ0n) is 10.8. The molecule has 5 heteroatoms. The number of hydrogen-bond donors (Lipinski definition) is 0. The second-order valence-corrected chi connectivity index (χ2v) is 4.02. The highest BCUT2D eigenvalue weighted by molar-refractivity contribution is 5.81. The molecule has 1 heterocycles. The molecule has 0 aromatic heterocycles. The van der Waals surface area contributed by atoms with E-state index in [4.69, 9.17) is 0 Å². The Morgan fingerprint density at radius 3 is 2.06 bits per heavy atom.